The van der Waals surface area contributed by atoms with Gasteiger partial charge >= 0.3 is 5.97 Å². The first-order valence-electron chi connectivity index (χ1n) is 7.55. The van der Waals surface area contributed by atoms with Crippen LogP contribution >= 0.6 is 0 Å². The summed E-state index contributed by atoms with van der Waals surface area (Å²) in [6, 6.07) is 13.7. The van der Waals surface area contributed by atoms with Crippen LogP contribution < -0.4 is 10.9 Å². The van der Waals surface area contributed by atoms with Gasteiger partial charge in [-0.2, -0.15) is 0 Å². The summed E-state index contributed by atoms with van der Waals surface area (Å²) in [7, 11) is 0. The molecule has 7 heteroatoms. The Balaban J connectivity index is 1.78. The molecule has 0 bridgehead atoms. The first-order valence-corrected chi connectivity index (χ1v) is 7.55. The van der Waals surface area contributed by atoms with Crippen LogP contribution in [0.15, 0.2) is 54.6 Å². The van der Waals surface area contributed by atoms with Crippen LogP contribution in [0.25, 0.3) is 0 Å². The van der Waals surface area contributed by atoms with Crippen molar-refractivity contribution < 1.29 is 23.5 Å². The molecule has 0 aliphatic carbocycles. The molecule has 0 saturated carbocycles. The largest absolute Gasteiger partial charge is 0.452 e. The Morgan fingerprint density at radius 1 is 1.00 bits per heavy atom. The van der Waals surface area contributed by atoms with Crippen LogP contribution in [0.2, 0.25) is 0 Å². The number of hydrogen-bond acceptors (Lipinski definition) is 4. The monoisotopic (exact) mass is 344 g/mol. The van der Waals surface area contributed by atoms with Gasteiger partial charge in [0, 0.05) is 5.56 Å². The Labute approximate surface area is 144 Å². The molecule has 1 atom stereocenters. The normalized spacial score (nSPS) is 11.3. The van der Waals surface area contributed by atoms with Crippen molar-refractivity contribution in [2.24, 2.45) is 0 Å². The number of nitrogens with one attached hydrogen (secondary N) is 2. The third-order valence-corrected chi connectivity index (χ3v) is 3.27. The minimum Gasteiger partial charge on any atom is -0.452 e. The summed E-state index contributed by atoms with van der Waals surface area (Å²) in [4.78, 5) is 35.4. The Kier molecular flexibility index (Phi) is 6.22. The van der Waals surface area contributed by atoms with E-state index in [2.05, 4.69) is 10.9 Å². The van der Waals surface area contributed by atoms with Gasteiger partial charge in [0.1, 0.15) is 5.82 Å². The van der Waals surface area contributed by atoms with Gasteiger partial charge in [0.05, 0.1) is 6.42 Å². The lowest BCUT2D eigenvalue weighted by Crippen LogP contribution is -2.46. The number of amides is 2. The number of hydrazine groups is 1. The van der Waals surface area contributed by atoms with Gasteiger partial charge in [-0.05, 0) is 36.8 Å². The van der Waals surface area contributed by atoms with Crippen LogP contribution in [0.4, 0.5) is 4.39 Å². The lowest BCUT2D eigenvalue weighted by Gasteiger charge is -2.14. The highest BCUT2D eigenvalue weighted by Gasteiger charge is 2.18. The number of rotatable bonds is 5. The fourth-order valence-electron chi connectivity index (χ4n) is 1.94. The van der Waals surface area contributed by atoms with Crippen molar-refractivity contribution in [1.29, 1.82) is 0 Å². The van der Waals surface area contributed by atoms with Crippen LogP contribution in [0, 0.1) is 5.82 Å². The van der Waals surface area contributed by atoms with Crippen molar-refractivity contribution >= 4 is 17.8 Å². The predicted octanol–water partition coefficient (Wildman–Crippen LogP) is 1.76. The molecule has 130 valence electrons. The lowest BCUT2D eigenvalue weighted by atomic mass is 10.1. The molecule has 6 nitrogen and oxygen atoms in total. The van der Waals surface area contributed by atoms with E-state index in [1.807, 2.05) is 0 Å². The number of esters is 1. The summed E-state index contributed by atoms with van der Waals surface area (Å²) in [5.41, 5.74) is 5.37. The van der Waals surface area contributed by atoms with Gasteiger partial charge < -0.3 is 4.74 Å². The van der Waals surface area contributed by atoms with Gasteiger partial charge in [-0.15, -0.1) is 0 Å². The Morgan fingerprint density at radius 2 is 1.64 bits per heavy atom. The first-order chi connectivity index (χ1) is 12.0. The van der Waals surface area contributed by atoms with E-state index in [0.29, 0.717) is 11.1 Å². The SMILES string of the molecule is C[C@H](OC(=O)Cc1ccc(F)cc1)C(=O)NNC(=O)c1ccccc1. The van der Waals surface area contributed by atoms with Crippen molar-refractivity contribution in [2.75, 3.05) is 0 Å². The lowest BCUT2D eigenvalue weighted by molar-refractivity contribution is -0.154. The summed E-state index contributed by atoms with van der Waals surface area (Å²) < 4.78 is 17.8. The molecule has 0 spiro atoms. The zero-order chi connectivity index (χ0) is 18.2. The number of carbonyl (C=O) groups is 3. The van der Waals surface area contributed by atoms with E-state index in [0.717, 1.165) is 0 Å². The molecule has 0 radical (unpaired) electrons. The molecule has 0 aliphatic rings. The zero-order valence-corrected chi connectivity index (χ0v) is 13.5. The predicted molar refractivity (Wildman–Crippen MR) is 87.7 cm³/mol. The second-order valence-electron chi connectivity index (χ2n) is 5.24. The van der Waals surface area contributed by atoms with Crippen molar-refractivity contribution in [1.82, 2.24) is 10.9 Å². The standard InChI is InChI=1S/C18H17FN2O4/c1-12(25-16(22)11-13-7-9-15(19)10-8-13)17(23)20-21-18(24)14-5-3-2-4-6-14/h2-10,12H,11H2,1H3,(H,20,23)(H,21,24)/t12-/m0/s1. The van der Waals surface area contributed by atoms with Crippen LogP contribution in [0.1, 0.15) is 22.8 Å². The van der Waals surface area contributed by atoms with Crippen LogP contribution in [-0.4, -0.2) is 23.9 Å². The topological polar surface area (TPSA) is 84.5 Å². The van der Waals surface area contributed by atoms with Crippen molar-refractivity contribution in [3.05, 3.63) is 71.5 Å². The summed E-state index contributed by atoms with van der Waals surface area (Å²) in [6.45, 7) is 1.38. The third kappa shape index (κ3) is 5.72. The molecular weight excluding hydrogens is 327 g/mol. The van der Waals surface area contributed by atoms with Crippen LogP contribution in [0.3, 0.4) is 0 Å². The van der Waals surface area contributed by atoms with E-state index in [1.165, 1.54) is 31.2 Å². The quantitative estimate of drug-likeness (QED) is 0.639. The molecule has 0 aromatic heterocycles. The Bertz CT molecular complexity index is 747. The van der Waals surface area contributed by atoms with Gasteiger partial charge in [0.2, 0.25) is 0 Å². The summed E-state index contributed by atoms with van der Waals surface area (Å²) in [5.74, 6) is -2.20. The highest BCUT2D eigenvalue weighted by Crippen LogP contribution is 2.05. The number of carbonyl (C=O) groups excluding carboxylic acids is 3. The van der Waals surface area contributed by atoms with Crippen molar-refractivity contribution in [2.45, 2.75) is 19.4 Å². The third-order valence-electron chi connectivity index (χ3n) is 3.27. The second kappa shape index (κ2) is 8.58. The molecular formula is C18H17FN2O4. The molecule has 0 aliphatic heterocycles. The fraction of sp³-hybridized carbons (Fsp3) is 0.167. The maximum Gasteiger partial charge on any atom is 0.311 e. The van der Waals surface area contributed by atoms with E-state index >= 15 is 0 Å². The zero-order valence-electron chi connectivity index (χ0n) is 13.5. The van der Waals surface area contributed by atoms with Crippen LogP contribution in [0.5, 0.6) is 0 Å². The number of benzene rings is 2. The fourth-order valence-corrected chi connectivity index (χ4v) is 1.94. The van der Waals surface area contributed by atoms with E-state index in [1.54, 1.807) is 30.3 Å². The minimum absolute atomic E-state index is 0.0890. The molecule has 2 amide bonds. The Hall–Kier alpha value is -3.22. The van der Waals surface area contributed by atoms with Crippen LogP contribution in [-0.2, 0) is 20.7 Å². The first kappa shape index (κ1) is 18.1. The molecule has 0 fully saturated rings. The Morgan fingerprint density at radius 3 is 2.28 bits per heavy atom. The van der Waals surface area contributed by atoms with Gasteiger partial charge in [-0.3, -0.25) is 25.2 Å². The van der Waals surface area contributed by atoms with Crippen molar-refractivity contribution in [3.8, 4) is 0 Å². The highest BCUT2D eigenvalue weighted by atomic mass is 19.1. The second-order valence-corrected chi connectivity index (χ2v) is 5.24. The van der Waals surface area contributed by atoms with E-state index in [4.69, 9.17) is 4.74 Å². The smallest absolute Gasteiger partial charge is 0.311 e. The molecule has 2 aromatic rings. The maximum absolute atomic E-state index is 12.8. The average molecular weight is 344 g/mol. The molecule has 0 unspecified atom stereocenters. The average Bonchev–Trinajstić information content (AvgIpc) is 2.62. The molecule has 25 heavy (non-hydrogen) atoms. The number of halogens is 1. The highest BCUT2D eigenvalue weighted by molar-refractivity contribution is 5.95. The van der Waals surface area contributed by atoms with Gasteiger partial charge in [-0.25, -0.2) is 4.39 Å². The van der Waals surface area contributed by atoms with E-state index in [-0.39, 0.29) is 6.42 Å². The molecule has 2 aromatic carbocycles. The van der Waals surface area contributed by atoms with E-state index in [9.17, 15) is 18.8 Å². The van der Waals surface area contributed by atoms with Crippen molar-refractivity contribution in [3.63, 3.8) is 0 Å². The molecule has 2 rings (SSSR count). The number of hydrogen-bond donors (Lipinski definition) is 2. The molecule has 0 heterocycles. The number of ether oxygens (including phenoxy) is 1. The van der Waals surface area contributed by atoms with Gasteiger partial charge in [0.15, 0.2) is 6.10 Å². The van der Waals surface area contributed by atoms with E-state index < -0.39 is 29.7 Å². The molecule has 0 saturated heterocycles. The molecule has 2 N–H and O–H groups in total. The minimum atomic E-state index is -1.09. The summed E-state index contributed by atoms with van der Waals surface area (Å²) >= 11 is 0. The summed E-state index contributed by atoms with van der Waals surface area (Å²) in [6.07, 6.45) is -1.18. The van der Waals surface area contributed by atoms with Gasteiger partial charge in [0.25, 0.3) is 11.8 Å². The van der Waals surface area contributed by atoms with Gasteiger partial charge in [-0.1, -0.05) is 30.3 Å². The summed E-state index contributed by atoms with van der Waals surface area (Å²) in [5, 5.41) is 0. The maximum atomic E-state index is 12.8.